The molecule has 7 heteroatoms. The van der Waals surface area contributed by atoms with Crippen LogP contribution in [0.3, 0.4) is 0 Å². The molecule has 0 radical (unpaired) electrons. The highest BCUT2D eigenvalue weighted by molar-refractivity contribution is 6.32. The summed E-state index contributed by atoms with van der Waals surface area (Å²) in [6, 6.07) is 5.30. The summed E-state index contributed by atoms with van der Waals surface area (Å²) >= 11 is 6.15. The molecule has 0 aliphatic rings. The Morgan fingerprint density at radius 1 is 1.43 bits per heavy atom. The van der Waals surface area contributed by atoms with E-state index >= 15 is 0 Å². The van der Waals surface area contributed by atoms with E-state index in [9.17, 15) is 4.79 Å². The topological polar surface area (TPSA) is 77.2 Å². The number of halogens is 1. The Labute approximate surface area is 127 Å². The predicted molar refractivity (Wildman–Crippen MR) is 78.1 cm³/mol. The zero-order valence-electron chi connectivity index (χ0n) is 11.6. The number of benzene rings is 1. The van der Waals surface area contributed by atoms with Gasteiger partial charge in [-0.1, -0.05) is 16.8 Å². The highest BCUT2D eigenvalue weighted by Gasteiger charge is 2.08. The first-order valence-corrected chi connectivity index (χ1v) is 6.95. The molecule has 0 spiro atoms. The fourth-order valence-corrected chi connectivity index (χ4v) is 2.11. The van der Waals surface area contributed by atoms with Crippen LogP contribution < -0.4 is 4.74 Å². The van der Waals surface area contributed by atoms with E-state index in [1.807, 2.05) is 0 Å². The summed E-state index contributed by atoms with van der Waals surface area (Å²) in [6.07, 6.45) is 4.05. The average Bonchev–Trinajstić information content (AvgIpc) is 2.92. The molecule has 0 aliphatic carbocycles. The molecule has 0 atom stereocenters. The van der Waals surface area contributed by atoms with E-state index < -0.39 is 5.97 Å². The van der Waals surface area contributed by atoms with Gasteiger partial charge in [-0.15, -0.1) is 5.10 Å². The number of carbonyl (C=O) groups is 1. The minimum absolute atomic E-state index is 0.176. The van der Waals surface area contributed by atoms with E-state index in [2.05, 4.69) is 10.3 Å². The third-order valence-electron chi connectivity index (χ3n) is 3.01. The second-order valence-corrected chi connectivity index (χ2v) is 4.98. The molecule has 0 bridgehead atoms. The van der Waals surface area contributed by atoms with Crippen LogP contribution in [-0.2, 0) is 11.2 Å². The van der Waals surface area contributed by atoms with E-state index in [4.69, 9.17) is 21.4 Å². The number of unbranched alkanes of at least 4 members (excludes halogenated alkanes) is 1. The van der Waals surface area contributed by atoms with E-state index in [1.165, 1.54) is 0 Å². The van der Waals surface area contributed by atoms with Crippen molar-refractivity contribution in [2.45, 2.75) is 25.7 Å². The quantitative estimate of drug-likeness (QED) is 0.796. The molecule has 1 aromatic heterocycles. The fourth-order valence-electron chi connectivity index (χ4n) is 1.91. The van der Waals surface area contributed by atoms with Crippen molar-refractivity contribution >= 4 is 17.6 Å². The molecule has 0 saturated carbocycles. The van der Waals surface area contributed by atoms with Gasteiger partial charge in [0.1, 0.15) is 5.75 Å². The van der Waals surface area contributed by atoms with Crippen molar-refractivity contribution in [3.8, 4) is 11.4 Å². The average molecular weight is 310 g/mol. The Balaban J connectivity index is 2.04. The minimum Gasteiger partial charge on any atom is -0.497 e. The number of hydrogen-bond acceptors (Lipinski definition) is 4. The summed E-state index contributed by atoms with van der Waals surface area (Å²) in [4.78, 5) is 10.4. The zero-order chi connectivity index (χ0) is 15.2. The van der Waals surface area contributed by atoms with Crippen LogP contribution in [0.5, 0.6) is 5.75 Å². The first-order valence-electron chi connectivity index (χ1n) is 6.57. The molecule has 1 heterocycles. The molecule has 0 aliphatic heterocycles. The van der Waals surface area contributed by atoms with Gasteiger partial charge >= 0.3 is 5.97 Å². The van der Waals surface area contributed by atoms with Gasteiger partial charge in [0, 0.05) is 12.5 Å². The van der Waals surface area contributed by atoms with Gasteiger partial charge in [0.2, 0.25) is 0 Å². The minimum atomic E-state index is -0.776. The second-order valence-electron chi connectivity index (χ2n) is 4.57. The summed E-state index contributed by atoms with van der Waals surface area (Å²) in [7, 11) is 1.59. The van der Waals surface area contributed by atoms with Crippen molar-refractivity contribution in [2.24, 2.45) is 0 Å². The van der Waals surface area contributed by atoms with E-state index in [1.54, 1.807) is 36.2 Å². The number of nitrogens with zero attached hydrogens (tertiary/aromatic N) is 3. The molecule has 0 unspecified atom stereocenters. The Hall–Kier alpha value is -2.08. The molecule has 112 valence electrons. The van der Waals surface area contributed by atoms with E-state index in [-0.39, 0.29) is 6.42 Å². The van der Waals surface area contributed by atoms with Crippen LogP contribution in [0.15, 0.2) is 24.4 Å². The number of carboxylic acids is 1. The number of hydrogen-bond donors (Lipinski definition) is 1. The second kappa shape index (κ2) is 7.08. The SMILES string of the molecule is COc1ccc(Cl)c(-n2cc(CCCCC(=O)O)nn2)c1. The van der Waals surface area contributed by atoms with Crippen LogP contribution in [0.1, 0.15) is 25.0 Å². The summed E-state index contributed by atoms with van der Waals surface area (Å²) in [5.74, 6) is -0.0882. The van der Waals surface area contributed by atoms with Gasteiger partial charge in [-0.05, 0) is 31.4 Å². The number of ether oxygens (including phenoxy) is 1. The number of carboxylic acid groups (broad SMARTS) is 1. The van der Waals surface area contributed by atoms with Crippen LogP contribution in [-0.4, -0.2) is 33.2 Å². The normalized spacial score (nSPS) is 10.6. The molecular weight excluding hydrogens is 294 g/mol. The molecule has 2 rings (SSSR count). The maximum Gasteiger partial charge on any atom is 0.303 e. The first kappa shape index (κ1) is 15.3. The van der Waals surface area contributed by atoms with Crippen molar-refractivity contribution in [2.75, 3.05) is 7.11 Å². The van der Waals surface area contributed by atoms with Crippen LogP contribution in [0.4, 0.5) is 0 Å². The Bertz CT molecular complexity index is 628. The lowest BCUT2D eigenvalue weighted by Gasteiger charge is -2.05. The number of aliphatic carboxylic acids is 1. The maximum absolute atomic E-state index is 10.4. The molecule has 0 amide bonds. The van der Waals surface area contributed by atoms with E-state index in [0.717, 1.165) is 12.1 Å². The van der Waals surface area contributed by atoms with Crippen molar-refractivity contribution in [3.63, 3.8) is 0 Å². The maximum atomic E-state index is 10.4. The van der Waals surface area contributed by atoms with Crippen molar-refractivity contribution in [3.05, 3.63) is 35.1 Å². The molecule has 1 N–H and O–H groups in total. The van der Waals surface area contributed by atoms with Gasteiger partial charge in [-0.3, -0.25) is 4.79 Å². The summed E-state index contributed by atoms with van der Waals surface area (Å²) in [5, 5.41) is 17.3. The molecule has 2 aromatic rings. The first-order chi connectivity index (χ1) is 10.1. The van der Waals surface area contributed by atoms with Gasteiger partial charge < -0.3 is 9.84 Å². The van der Waals surface area contributed by atoms with E-state index in [0.29, 0.717) is 29.3 Å². The molecule has 21 heavy (non-hydrogen) atoms. The highest BCUT2D eigenvalue weighted by Crippen LogP contribution is 2.25. The summed E-state index contributed by atoms with van der Waals surface area (Å²) in [5.41, 5.74) is 1.50. The fraction of sp³-hybridized carbons (Fsp3) is 0.357. The lowest BCUT2D eigenvalue weighted by molar-refractivity contribution is -0.137. The van der Waals surface area contributed by atoms with Crippen LogP contribution in [0.25, 0.3) is 5.69 Å². The summed E-state index contributed by atoms with van der Waals surface area (Å²) < 4.78 is 6.76. The predicted octanol–water partition coefficient (Wildman–Crippen LogP) is 2.73. The third kappa shape index (κ3) is 4.19. The van der Waals surface area contributed by atoms with Gasteiger partial charge in [0.25, 0.3) is 0 Å². The van der Waals surface area contributed by atoms with Gasteiger partial charge in [0.05, 0.1) is 29.7 Å². The lowest BCUT2D eigenvalue weighted by Crippen LogP contribution is -1.97. The van der Waals surface area contributed by atoms with Crippen LogP contribution in [0.2, 0.25) is 5.02 Å². The standard InChI is InChI=1S/C14H16ClN3O3/c1-21-11-6-7-12(15)13(8-11)18-9-10(16-17-18)4-2-3-5-14(19)20/h6-9H,2-5H2,1H3,(H,19,20). The Morgan fingerprint density at radius 3 is 2.95 bits per heavy atom. The van der Waals surface area contributed by atoms with Gasteiger partial charge in [-0.2, -0.15) is 0 Å². The molecule has 0 saturated heterocycles. The van der Waals surface area contributed by atoms with Crippen LogP contribution in [0, 0.1) is 0 Å². The number of aryl methyl sites for hydroxylation is 1. The monoisotopic (exact) mass is 309 g/mol. The van der Waals surface area contributed by atoms with Gasteiger partial charge in [-0.25, -0.2) is 4.68 Å². The number of aromatic nitrogens is 3. The Kier molecular flexibility index (Phi) is 5.16. The highest BCUT2D eigenvalue weighted by atomic mass is 35.5. The lowest BCUT2D eigenvalue weighted by atomic mass is 10.1. The largest absolute Gasteiger partial charge is 0.497 e. The number of rotatable bonds is 7. The van der Waals surface area contributed by atoms with Crippen LogP contribution >= 0.6 is 11.6 Å². The smallest absolute Gasteiger partial charge is 0.303 e. The summed E-state index contributed by atoms with van der Waals surface area (Å²) in [6.45, 7) is 0. The van der Waals surface area contributed by atoms with Crippen molar-refractivity contribution in [1.82, 2.24) is 15.0 Å². The third-order valence-corrected chi connectivity index (χ3v) is 3.33. The molecular formula is C14H16ClN3O3. The zero-order valence-corrected chi connectivity index (χ0v) is 12.4. The number of methoxy groups -OCH3 is 1. The molecule has 1 aromatic carbocycles. The Morgan fingerprint density at radius 2 is 2.24 bits per heavy atom. The molecule has 6 nitrogen and oxygen atoms in total. The van der Waals surface area contributed by atoms with Gasteiger partial charge in [0.15, 0.2) is 0 Å². The van der Waals surface area contributed by atoms with Crippen molar-refractivity contribution in [1.29, 1.82) is 0 Å². The molecule has 0 fully saturated rings. The van der Waals surface area contributed by atoms with Crippen molar-refractivity contribution < 1.29 is 14.6 Å².